The van der Waals surface area contributed by atoms with Gasteiger partial charge in [0.15, 0.2) is 5.76 Å². The van der Waals surface area contributed by atoms with Crippen LogP contribution in [0.1, 0.15) is 29.2 Å². The van der Waals surface area contributed by atoms with Crippen molar-refractivity contribution in [1.29, 1.82) is 0 Å². The molecule has 0 N–H and O–H groups in total. The van der Waals surface area contributed by atoms with Gasteiger partial charge in [-0.3, -0.25) is 14.5 Å². The molecule has 26 heavy (non-hydrogen) atoms. The minimum Gasteiger partial charge on any atom is -0.468 e. The second-order valence-corrected chi connectivity index (χ2v) is 6.81. The first-order valence-electron chi connectivity index (χ1n) is 9.10. The maximum Gasteiger partial charge on any atom is 0.290 e. The van der Waals surface area contributed by atoms with Crippen LogP contribution < -0.4 is 0 Å². The molecule has 0 radical (unpaired) electrons. The van der Waals surface area contributed by atoms with Crippen molar-refractivity contribution in [2.75, 3.05) is 32.7 Å². The van der Waals surface area contributed by atoms with E-state index in [1.807, 2.05) is 17.0 Å². The summed E-state index contributed by atoms with van der Waals surface area (Å²) in [6.45, 7) is 4.35. The molecule has 2 aliphatic heterocycles. The summed E-state index contributed by atoms with van der Waals surface area (Å²) in [6.07, 6.45) is 4.73. The molecule has 1 atom stereocenters. The zero-order valence-corrected chi connectivity index (χ0v) is 14.7. The predicted molar refractivity (Wildman–Crippen MR) is 93.3 cm³/mol. The number of likely N-dealkylation sites (tertiary alicyclic amines) is 1. The summed E-state index contributed by atoms with van der Waals surface area (Å²) >= 11 is 0. The van der Waals surface area contributed by atoms with Crippen molar-refractivity contribution in [2.45, 2.75) is 25.4 Å². The van der Waals surface area contributed by atoms with Crippen LogP contribution in [0.4, 0.5) is 0 Å². The average Bonchev–Trinajstić information content (AvgIpc) is 3.42. The number of piperazine rings is 1. The molecule has 2 aliphatic rings. The molecule has 2 aromatic heterocycles. The molecule has 2 saturated heterocycles. The van der Waals surface area contributed by atoms with Gasteiger partial charge < -0.3 is 18.6 Å². The molecular formula is C19H23N3O4. The van der Waals surface area contributed by atoms with Crippen LogP contribution in [0, 0.1) is 0 Å². The summed E-state index contributed by atoms with van der Waals surface area (Å²) in [7, 11) is 0. The number of carbonyl (C=O) groups excluding carboxylic acids is 2. The first-order chi connectivity index (χ1) is 12.7. The second-order valence-electron chi connectivity index (χ2n) is 6.81. The lowest BCUT2D eigenvalue weighted by Gasteiger charge is -2.36. The van der Waals surface area contributed by atoms with Crippen molar-refractivity contribution in [3.05, 3.63) is 48.3 Å². The highest BCUT2D eigenvalue weighted by Gasteiger charge is 2.38. The SMILES string of the molecule is O=C(C1CCCN1C(=O)c1ccco1)N1CCN(Cc2ccco2)CC1. The molecule has 4 rings (SSSR count). The van der Waals surface area contributed by atoms with Crippen LogP contribution in [-0.2, 0) is 11.3 Å². The predicted octanol–water partition coefficient (Wildman–Crippen LogP) is 1.82. The van der Waals surface area contributed by atoms with E-state index in [1.54, 1.807) is 23.3 Å². The number of nitrogens with zero attached hydrogens (tertiary/aromatic N) is 3. The lowest BCUT2D eigenvalue weighted by atomic mass is 10.1. The van der Waals surface area contributed by atoms with Crippen LogP contribution >= 0.6 is 0 Å². The highest BCUT2D eigenvalue weighted by molar-refractivity contribution is 5.96. The molecule has 0 bridgehead atoms. The third-order valence-electron chi connectivity index (χ3n) is 5.17. The molecule has 2 amide bonds. The molecule has 0 spiro atoms. The Morgan fingerprint density at radius 3 is 2.46 bits per heavy atom. The van der Waals surface area contributed by atoms with Gasteiger partial charge >= 0.3 is 0 Å². The molecule has 0 aromatic carbocycles. The van der Waals surface area contributed by atoms with Crippen molar-refractivity contribution in [3.8, 4) is 0 Å². The van der Waals surface area contributed by atoms with Crippen LogP contribution in [0.5, 0.6) is 0 Å². The molecule has 4 heterocycles. The van der Waals surface area contributed by atoms with E-state index in [2.05, 4.69) is 4.90 Å². The van der Waals surface area contributed by atoms with Gasteiger partial charge in [0.2, 0.25) is 5.91 Å². The lowest BCUT2D eigenvalue weighted by Crippen LogP contribution is -2.54. The van der Waals surface area contributed by atoms with Gasteiger partial charge in [-0.2, -0.15) is 0 Å². The number of hydrogen-bond acceptors (Lipinski definition) is 5. The first-order valence-corrected chi connectivity index (χ1v) is 9.10. The fourth-order valence-corrected chi connectivity index (χ4v) is 3.77. The van der Waals surface area contributed by atoms with E-state index in [0.717, 1.165) is 38.2 Å². The molecule has 7 heteroatoms. The molecular weight excluding hydrogens is 334 g/mol. The van der Waals surface area contributed by atoms with Crippen molar-refractivity contribution in [1.82, 2.24) is 14.7 Å². The molecule has 0 saturated carbocycles. The third kappa shape index (κ3) is 3.39. The average molecular weight is 357 g/mol. The Morgan fingerprint density at radius 2 is 1.77 bits per heavy atom. The molecule has 1 unspecified atom stereocenters. The maximum absolute atomic E-state index is 13.0. The Morgan fingerprint density at radius 1 is 1.00 bits per heavy atom. The van der Waals surface area contributed by atoms with Gasteiger partial charge in [0.05, 0.1) is 19.1 Å². The van der Waals surface area contributed by atoms with Crippen molar-refractivity contribution < 1.29 is 18.4 Å². The number of carbonyl (C=O) groups is 2. The van der Waals surface area contributed by atoms with Gasteiger partial charge in [0, 0.05) is 32.7 Å². The lowest BCUT2D eigenvalue weighted by molar-refractivity contribution is -0.137. The minimum absolute atomic E-state index is 0.0556. The van der Waals surface area contributed by atoms with E-state index in [4.69, 9.17) is 8.83 Å². The molecule has 7 nitrogen and oxygen atoms in total. The van der Waals surface area contributed by atoms with Crippen molar-refractivity contribution in [2.24, 2.45) is 0 Å². The first kappa shape index (κ1) is 16.9. The van der Waals surface area contributed by atoms with E-state index in [-0.39, 0.29) is 17.9 Å². The summed E-state index contributed by atoms with van der Waals surface area (Å²) in [6, 6.07) is 6.83. The van der Waals surface area contributed by atoms with E-state index < -0.39 is 0 Å². The van der Waals surface area contributed by atoms with E-state index >= 15 is 0 Å². The van der Waals surface area contributed by atoms with E-state index in [0.29, 0.717) is 25.4 Å². The van der Waals surface area contributed by atoms with Crippen LogP contribution in [-0.4, -0.2) is 65.3 Å². The van der Waals surface area contributed by atoms with Gasteiger partial charge in [-0.05, 0) is 37.1 Å². The fraction of sp³-hybridized carbons (Fsp3) is 0.474. The number of amides is 2. The van der Waals surface area contributed by atoms with Crippen LogP contribution in [0.3, 0.4) is 0 Å². The van der Waals surface area contributed by atoms with Gasteiger partial charge in [0.1, 0.15) is 11.8 Å². The zero-order valence-electron chi connectivity index (χ0n) is 14.7. The fourth-order valence-electron chi connectivity index (χ4n) is 3.77. The maximum atomic E-state index is 13.0. The Balaban J connectivity index is 1.34. The van der Waals surface area contributed by atoms with Crippen LogP contribution in [0.15, 0.2) is 45.6 Å². The van der Waals surface area contributed by atoms with Gasteiger partial charge in [-0.25, -0.2) is 0 Å². The van der Waals surface area contributed by atoms with Crippen LogP contribution in [0.2, 0.25) is 0 Å². The third-order valence-corrected chi connectivity index (χ3v) is 5.17. The van der Waals surface area contributed by atoms with Crippen molar-refractivity contribution in [3.63, 3.8) is 0 Å². The Labute approximate surface area is 152 Å². The quantitative estimate of drug-likeness (QED) is 0.835. The summed E-state index contributed by atoms with van der Waals surface area (Å²) in [5.74, 6) is 1.10. The van der Waals surface area contributed by atoms with Gasteiger partial charge in [0.25, 0.3) is 5.91 Å². The van der Waals surface area contributed by atoms with Gasteiger partial charge in [-0.15, -0.1) is 0 Å². The summed E-state index contributed by atoms with van der Waals surface area (Å²) in [5.41, 5.74) is 0. The largest absolute Gasteiger partial charge is 0.468 e. The topological polar surface area (TPSA) is 70.1 Å². The summed E-state index contributed by atoms with van der Waals surface area (Å²) in [5, 5.41) is 0. The van der Waals surface area contributed by atoms with E-state index in [9.17, 15) is 9.59 Å². The number of furan rings is 2. The van der Waals surface area contributed by atoms with E-state index in [1.165, 1.54) is 6.26 Å². The highest BCUT2D eigenvalue weighted by Crippen LogP contribution is 2.23. The number of rotatable bonds is 4. The molecule has 0 aliphatic carbocycles. The molecule has 2 fully saturated rings. The monoisotopic (exact) mass is 357 g/mol. The number of hydrogen-bond donors (Lipinski definition) is 0. The smallest absolute Gasteiger partial charge is 0.290 e. The van der Waals surface area contributed by atoms with Crippen LogP contribution in [0.25, 0.3) is 0 Å². The molecule has 2 aromatic rings. The summed E-state index contributed by atoms with van der Waals surface area (Å²) in [4.78, 5) is 31.4. The Bertz CT molecular complexity index is 733. The normalized spacial score (nSPS) is 21.3. The second kappa shape index (κ2) is 7.37. The zero-order chi connectivity index (χ0) is 17.9. The van der Waals surface area contributed by atoms with Gasteiger partial charge in [-0.1, -0.05) is 0 Å². The minimum atomic E-state index is -0.371. The standard InChI is InChI=1S/C19H23N3O4/c23-18(16-5-1-7-22(16)19(24)17-6-3-13-26-17)21-10-8-20(9-11-21)14-15-4-2-12-25-15/h2-4,6,12-13,16H,1,5,7-11,14H2. The summed E-state index contributed by atoms with van der Waals surface area (Å²) < 4.78 is 10.6. The molecule has 138 valence electrons. The highest BCUT2D eigenvalue weighted by atomic mass is 16.3. The Hall–Kier alpha value is -2.54. The van der Waals surface area contributed by atoms with Crippen molar-refractivity contribution >= 4 is 11.8 Å². The Kier molecular flexibility index (Phi) is 4.79.